The largest absolute Gasteiger partial charge is 0.339 e. The third kappa shape index (κ3) is 4.80. The first-order valence-corrected chi connectivity index (χ1v) is 10.7. The molecule has 0 saturated carbocycles. The fourth-order valence-electron chi connectivity index (χ4n) is 3.47. The van der Waals surface area contributed by atoms with E-state index in [1.54, 1.807) is 18.2 Å². The number of rotatable bonds is 4. The van der Waals surface area contributed by atoms with E-state index < -0.39 is 10.0 Å². The summed E-state index contributed by atoms with van der Waals surface area (Å²) in [5.74, 6) is -0.0681. The number of carbonyl (C=O) groups excluding carboxylic acids is 1. The van der Waals surface area contributed by atoms with Crippen molar-refractivity contribution in [2.45, 2.75) is 49.5 Å². The molecule has 0 bridgehead atoms. The predicted octanol–water partition coefficient (Wildman–Crippen LogP) is 1.73. The Morgan fingerprint density at radius 2 is 1.84 bits per heavy atom. The lowest BCUT2D eigenvalue weighted by atomic mass is 10.1. The number of hydrogen-bond donors (Lipinski definition) is 2. The van der Waals surface area contributed by atoms with Gasteiger partial charge in [0.1, 0.15) is 0 Å². The summed E-state index contributed by atoms with van der Waals surface area (Å²) >= 11 is 0. The second kappa shape index (κ2) is 8.29. The van der Waals surface area contributed by atoms with Gasteiger partial charge in [0.15, 0.2) is 0 Å². The molecule has 1 amide bonds. The number of carbonyl (C=O) groups is 1. The Kier molecular flexibility index (Phi) is 6.09. The lowest BCUT2D eigenvalue weighted by molar-refractivity contribution is 0.0742. The summed E-state index contributed by atoms with van der Waals surface area (Å²) in [6, 6.07) is 6.33. The Hall–Kier alpha value is -1.44. The lowest BCUT2D eigenvalue weighted by Crippen LogP contribution is -2.36. The van der Waals surface area contributed by atoms with E-state index in [0.29, 0.717) is 12.1 Å². The molecule has 0 aliphatic carbocycles. The Morgan fingerprint density at radius 1 is 1.12 bits per heavy atom. The Bertz CT molecular complexity index is 691. The number of likely N-dealkylation sites (tertiary alicyclic amines) is 1. The molecule has 25 heavy (non-hydrogen) atoms. The van der Waals surface area contributed by atoms with Crippen molar-refractivity contribution in [3.05, 3.63) is 29.8 Å². The summed E-state index contributed by atoms with van der Waals surface area (Å²) in [4.78, 5) is 14.8. The first-order chi connectivity index (χ1) is 12.1. The average Bonchev–Trinajstić information content (AvgIpc) is 3.06. The standard InChI is InChI=1S/C18H27N3O3S/c22-18(21-11-4-2-1-3-5-12-21)15-7-6-8-17(13-15)25(23,24)20-16-9-10-19-14-16/h6-8,13,16,19-20H,1-5,9-12,14H2/t16-/m1/s1. The van der Waals surface area contributed by atoms with Crippen LogP contribution in [0.5, 0.6) is 0 Å². The van der Waals surface area contributed by atoms with Crippen LogP contribution < -0.4 is 10.0 Å². The molecule has 2 heterocycles. The SMILES string of the molecule is O=C(c1cccc(S(=O)(=O)N[C@@H]2CCNC2)c1)N1CCCCCCC1. The van der Waals surface area contributed by atoms with E-state index in [1.165, 1.54) is 12.5 Å². The van der Waals surface area contributed by atoms with Crippen molar-refractivity contribution in [2.24, 2.45) is 0 Å². The van der Waals surface area contributed by atoms with Crippen LogP contribution in [0.4, 0.5) is 0 Å². The van der Waals surface area contributed by atoms with Gasteiger partial charge >= 0.3 is 0 Å². The summed E-state index contributed by atoms with van der Waals surface area (Å²) < 4.78 is 27.9. The van der Waals surface area contributed by atoms with Gasteiger partial charge in [-0.1, -0.05) is 25.3 Å². The molecule has 6 nitrogen and oxygen atoms in total. The minimum absolute atomic E-state index is 0.0681. The number of nitrogens with one attached hydrogen (secondary N) is 2. The summed E-state index contributed by atoms with van der Waals surface area (Å²) in [5.41, 5.74) is 0.452. The molecule has 2 aliphatic heterocycles. The molecule has 138 valence electrons. The number of hydrogen-bond acceptors (Lipinski definition) is 4. The van der Waals surface area contributed by atoms with E-state index in [4.69, 9.17) is 0 Å². The van der Waals surface area contributed by atoms with Crippen molar-refractivity contribution in [2.75, 3.05) is 26.2 Å². The molecular weight excluding hydrogens is 338 g/mol. The third-order valence-electron chi connectivity index (χ3n) is 4.92. The van der Waals surface area contributed by atoms with Gasteiger partial charge < -0.3 is 10.2 Å². The molecule has 0 unspecified atom stereocenters. The van der Waals surface area contributed by atoms with Gasteiger partial charge in [0.2, 0.25) is 10.0 Å². The first-order valence-electron chi connectivity index (χ1n) is 9.19. The van der Waals surface area contributed by atoms with Gasteiger partial charge in [0.25, 0.3) is 5.91 Å². The van der Waals surface area contributed by atoms with Crippen molar-refractivity contribution in [1.82, 2.24) is 14.9 Å². The molecular formula is C18H27N3O3S. The summed E-state index contributed by atoms with van der Waals surface area (Å²) in [7, 11) is -3.60. The van der Waals surface area contributed by atoms with Gasteiger partial charge in [-0.05, 0) is 44.0 Å². The van der Waals surface area contributed by atoms with Crippen LogP contribution in [0.25, 0.3) is 0 Å². The number of nitrogens with zero attached hydrogens (tertiary/aromatic N) is 1. The fourth-order valence-corrected chi connectivity index (χ4v) is 4.79. The molecule has 1 atom stereocenters. The predicted molar refractivity (Wildman–Crippen MR) is 97.0 cm³/mol. The first kappa shape index (κ1) is 18.4. The summed E-state index contributed by atoms with van der Waals surface area (Å²) in [6.45, 7) is 2.97. The molecule has 0 radical (unpaired) electrons. The Labute approximate surface area is 150 Å². The van der Waals surface area contributed by atoms with E-state index in [-0.39, 0.29) is 16.8 Å². The van der Waals surface area contributed by atoms with Crippen LogP contribution in [0.2, 0.25) is 0 Å². The highest BCUT2D eigenvalue weighted by atomic mass is 32.2. The fraction of sp³-hybridized carbons (Fsp3) is 0.611. The van der Waals surface area contributed by atoms with Crippen molar-refractivity contribution in [3.8, 4) is 0 Å². The van der Waals surface area contributed by atoms with Gasteiger partial charge in [-0.3, -0.25) is 4.79 Å². The van der Waals surface area contributed by atoms with E-state index in [2.05, 4.69) is 10.0 Å². The average molecular weight is 365 g/mol. The Balaban J connectivity index is 1.74. The van der Waals surface area contributed by atoms with Crippen molar-refractivity contribution in [3.63, 3.8) is 0 Å². The normalized spacial score (nSPS) is 22.4. The van der Waals surface area contributed by atoms with Crippen molar-refractivity contribution in [1.29, 1.82) is 0 Å². The molecule has 1 aromatic rings. The van der Waals surface area contributed by atoms with Gasteiger partial charge in [-0.15, -0.1) is 0 Å². The monoisotopic (exact) mass is 365 g/mol. The maximum Gasteiger partial charge on any atom is 0.253 e. The summed E-state index contributed by atoms with van der Waals surface area (Å²) in [6.07, 6.45) is 6.35. The van der Waals surface area contributed by atoms with Crippen LogP contribution in [0.1, 0.15) is 48.9 Å². The number of sulfonamides is 1. The van der Waals surface area contributed by atoms with E-state index in [0.717, 1.165) is 51.7 Å². The number of amides is 1. The maximum absolute atomic E-state index is 12.8. The van der Waals surface area contributed by atoms with Gasteiger partial charge in [-0.25, -0.2) is 13.1 Å². The van der Waals surface area contributed by atoms with Crippen LogP contribution in [0.15, 0.2) is 29.2 Å². The third-order valence-corrected chi connectivity index (χ3v) is 6.43. The molecule has 2 N–H and O–H groups in total. The lowest BCUT2D eigenvalue weighted by Gasteiger charge is -2.25. The molecule has 2 fully saturated rings. The van der Waals surface area contributed by atoms with Crippen molar-refractivity contribution >= 4 is 15.9 Å². The maximum atomic E-state index is 12.8. The molecule has 2 saturated heterocycles. The number of benzene rings is 1. The van der Waals surface area contributed by atoms with E-state index >= 15 is 0 Å². The Morgan fingerprint density at radius 3 is 2.52 bits per heavy atom. The van der Waals surface area contributed by atoms with Crippen LogP contribution >= 0.6 is 0 Å². The van der Waals surface area contributed by atoms with Crippen LogP contribution in [-0.4, -0.2) is 51.4 Å². The zero-order valence-electron chi connectivity index (χ0n) is 14.5. The summed E-state index contributed by atoms with van der Waals surface area (Å²) in [5, 5.41) is 3.14. The zero-order chi connectivity index (χ0) is 17.7. The van der Waals surface area contributed by atoms with Crippen molar-refractivity contribution < 1.29 is 13.2 Å². The topological polar surface area (TPSA) is 78.5 Å². The van der Waals surface area contributed by atoms with E-state index in [9.17, 15) is 13.2 Å². The highest BCUT2D eigenvalue weighted by Crippen LogP contribution is 2.17. The molecule has 1 aromatic carbocycles. The quantitative estimate of drug-likeness (QED) is 0.852. The van der Waals surface area contributed by atoms with Gasteiger partial charge in [0.05, 0.1) is 4.90 Å². The molecule has 2 aliphatic rings. The van der Waals surface area contributed by atoms with Crippen LogP contribution in [-0.2, 0) is 10.0 Å². The van der Waals surface area contributed by atoms with E-state index in [1.807, 2.05) is 4.90 Å². The highest BCUT2D eigenvalue weighted by molar-refractivity contribution is 7.89. The molecule has 7 heteroatoms. The van der Waals surface area contributed by atoms with Gasteiger partial charge in [0, 0.05) is 31.2 Å². The van der Waals surface area contributed by atoms with Gasteiger partial charge in [-0.2, -0.15) is 0 Å². The van der Waals surface area contributed by atoms with Crippen LogP contribution in [0.3, 0.4) is 0 Å². The minimum Gasteiger partial charge on any atom is -0.339 e. The second-order valence-corrected chi connectivity index (χ2v) is 8.61. The minimum atomic E-state index is -3.60. The molecule has 3 rings (SSSR count). The highest BCUT2D eigenvalue weighted by Gasteiger charge is 2.24. The smallest absolute Gasteiger partial charge is 0.253 e. The molecule has 0 spiro atoms. The zero-order valence-corrected chi connectivity index (χ0v) is 15.4. The second-order valence-electron chi connectivity index (χ2n) is 6.90. The van der Waals surface area contributed by atoms with Crippen LogP contribution in [0, 0.1) is 0 Å². The molecule has 0 aromatic heterocycles.